The molecule has 0 aliphatic carbocycles. The van der Waals surface area contributed by atoms with Crippen molar-refractivity contribution >= 4 is 33.3 Å². The van der Waals surface area contributed by atoms with E-state index in [-0.39, 0.29) is 18.0 Å². The number of halogens is 2. The molecule has 1 aliphatic heterocycles. The van der Waals surface area contributed by atoms with Crippen LogP contribution in [-0.2, 0) is 23.1 Å². The van der Waals surface area contributed by atoms with E-state index in [0.29, 0.717) is 21.8 Å². The van der Waals surface area contributed by atoms with Crippen molar-refractivity contribution in [2.45, 2.75) is 18.0 Å². The molecule has 148 valence electrons. The van der Waals surface area contributed by atoms with Crippen LogP contribution in [0.5, 0.6) is 0 Å². The molecule has 0 radical (unpaired) electrons. The van der Waals surface area contributed by atoms with Crippen molar-refractivity contribution in [2.24, 2.45) is 0 Å². The average molecular weight is 431 g/mol. The number of hydrogen-bond acceptors (Lipinski definition) is 3. The number of rotatable bonds is 4. The van der Waals surface area contributed by atoms with E-state index in [2.05, 4.69) is 0 Å². The first-order chi connectivity index (χ1) is 13.9. The second-order valence-corrected chi connectivity index (χ2v) is 8.80. The Morgan fingerprint density at radius 1 is 0.862 bits per heavy atom. The lowest BCUT2D eigenvalue weighted by atomic mass is 10.2. The van der Waals surface area contributed by atoms with Gasteiger partial charge in [0.25, 0.3) is 10.0 Å². The first kappa shape index (κ1) is 19.4. The van der Waals surface area contributed by atoms with Gasteiger partial charge in [0.2, 0.25) is 0 Å². The molecular formula is C21H16ClFN2O3S. The molecule has 3 aromatic carbocycles. The Balaban J connectivity index is 1.78. The van der Waals surface area contributed by atoms with Crippen molar-refractivity contribution in [3.63, 3.8) is 0 Å². The zero-order valence-corrected chi connectivity index (χ0v) is 16.7. The molecule has 0 unspecified atom stereocenters. The highest BCUT2D eigenvalue weighted by molar-refractivity contribution is 7.90. The van der Waals surface area contributed by atoms with Crippen molar-refractivity contribution in [1.82, 2.24) is 4.31 Å². The zero-order chi connectivity index (χ0) is 20.6. The Labute approximate surface area is 173 Å². The molecule has 5 nitrogen and oxygen atoms in total. The summed E-state index contributed by atoms with van der Waals surface area (Å²) in [5.41, 5.74) is 1.49. The molecule has 0 saturated carbocycles. The molecule has 4 rings (SSSR count). The van der Waals surface area contributed by atoms with E-state index < -0.39 is 21.9 Å². The molecular weight excluding hydrogens is 415 g/mol. The molecule has 8 heteroatoms. The third-order valence-corrected chi connectivity index (χ3v) is 6.83. The highest BCUT2D eigenvalue weighted by atomic mass is 35.5. The number of amides is 2. The third kappa shape index (κ3) is 3.59. The van der Waals surface area contributed by atoms with E-state index in [1.807, 2.05) is 0 Å². The predicted octanol–water partition coefficient (Wildman–Crippen LogP) is 4.81. The molecule has 0 aromatic heterocycles. The molecule has 29 heavy (non-hydrogen) atoms. The summed E-state index contributed by atoms with van der Waals surface area (Å²) in [7, 11) is -4.06. The van der Waals surface area contributed by atoms with Crippen LogP contribution < -0.4 is 4.90 Å². The third-order valence-electron chi connectivity index (χ3n) is 4.69. The minimum atomic E-state index is -4.06. The SMILES string of the molecule is O=C1N(Cc2ccccc2Cl)c2ccccc2S(=O)(=O)N1Cc1ccc(F)cc1. The number of hydrogen-bond donors (Lipinski definition) is 0. The van der Waals surface area contributed by atoms with E-state index in [4.69, 9.17) is 11.6 Å². The van der Waals surface area contributed by atoms with Crippen molar-refractivity contribution < 1.29 is 17.6 Å². The molecule has 0 fully saturated rings. The molecule has 1 heterocycles. The van der Waals surface area contributed by atoms with Gasteiger partial charge in [-0.3, -0.25) is 4.90 Å². The fourth-order valence-electron chi connectivity index (χ4n) is 3.22. The molecule has 0 atom stereocenters. The summed E-state index contributed by atoms with van der Waals surface area (Å²) in [6, 6.07) is 18.1. The molecule has 1 aliphatic rings. The number of urea groups is 1. The van der Waals surface area contributed by atoms with Crippen LogP contribution in [0, 0.1) is 5.82 Å². The number of carbonyl (C=O) groups excluding carboxylic acids is 1. The highest BCUT2D eigenvalue weighted by Crippen LogP contribution is 2.36. The summed E-state index contributed by atoms with van der Waals surface area (Å²) in [6.45, 7) is -0.0836. The van der Waals surface area contributed by atoms with Gasteiger partial charge in [-0.25, -0.2) is 21.9 Å². The van der Waals surface area contributed by atoms with Gasteiger partial charge in [0.05, 0.1) is 18.8 Å². The Morgan fingerprint density at radius 3 is 2.24 bits per heavy atom. The molecule has 0 bridgehead atoms. The maximum atomic E-state index is 13.2. The standard InChI is InChI=1S/C21H16ClFN2O3S/c22-18-6-2-1-5-16(18)14-24-19-7-3-4-8-20(19)29(27,28)25(21(24)26)13-15-9-11-17(23)12-10-15/h1-12H,13-14H2. The molecule has 3 aromatic rings. The van der Waals surface area contributed by atoms with Crippen LogP contribution in [-0.4, -0.2) is 18.8 Å². The topological polar surface area (TPSA) is 57.7 Å². The van der Waals surface area contributed by atoms with Crippen LogP contribution in [0.25, 0.3) is 0 Å². The minimum absolute atomic E-state index is 0.0359. The van der Waals surface area contributed by atoms with Crippen molar-refractivity contribution in [2.75, 3.05) is 4.90 Å². The van der Waals surface area contributed by atoms with E-state index in [1.54, 1.807) is 42.5 Å². The Morgan fingerprint density at radius 2 is 1.52 bits per heavy atom. The van der Waals surface area contributed by atoms with Gasteiger partial charge in [-0.05, 0) is 41.5 Å². The van der Waals surface area contributed by atoms with Gasteiger partial charge in [0.15, 0.2) is 0 Å². The number of benzene rings is 3. The summed E-state index contributed by atoms with van der Waals surface area (Å²) >= 11 is 6.25. The minimum Gasteiger partial charge on any atom is -0.288 e. The number of sulfonamides is 1. The van der Waals surface area contributed by atoms with Gasteiger partial charge in [-0.1, -0.05) is 54.1 Å². The van der Waals surface area contributed by atoms with Gasteiger partial charge >= 0.3 is 6.03 Å². The van der Waals surface area contributed by atoms with Crippen LogP contribution in [0.15, 0.2) is 77.7 Å². The van der Waals surface area contributed by atoms with Crippen LogP contribution in [0.2, 0.25) is 5.02 Å². The molecule has 0 N–H and O–H groups in total. The molecule has 0 saturated heterocycles. The first-order valence-electron chi connectivity index (χ1n) is 8.79. The first-order valence-corrected chi connectivity index (χ1v) is 10.6. The Bertz CT molecular complexity index is 1180. The smallest absolute Gasteiger partial charge is 0.288 e. The van der Waals surface area contributed by atoms with Crippen LogP contribution in [0.1, 0.15) is 11.1 Å². The van der Waals surface area contributed by atoms with E-state index in [1.165, 1.54) is 35.2 Å². The summed E-state index contributed by atoms with van der Waals surface area (Å²) in [4.78, 5) is 14.7. The summed E-state index contributed by atoms with van der Waals surface area (Å²) in [6.07, 6.45) is 0. The van der Waals surface area contributed by atoms with Gasteiger partial charge in [0.1, 0.15) is 10.7 Å². The maximum Gasteiger partial charge on any atom is 0.339 e. The lowest BCUT2D eigenvalue weighted by Crippen LogP contribution is -2.50. The Kier molecular flexibility index (Phi) is 5.02. The highest BCUT2D eigenvalue weighted by Gasteiger charge is 2.41. The monoisotopic (exact) mass is 430 g/mol. The number of anilines is 1. The van der Waals surface area contributed by atoms with E-state index in [9.17, 15) is 17.6 Å². The number of nitrogens with zero attached hydrogens (tertiary/aromatic N) is 2. The lowest BCUT2D eigenvalue weighted by Gasteiger charge is -2.36. The quantitative estimate of drug-likeness (QED) is 0.596. The van der Waals surface area contributed by atoms with Crippen LogP contribution >= 0.6 is 11.6 Å². The average Bonchev–Trinajstić information content (AvgIpc) is 2.71. The van der Waals surface area contributed by atoms with Gasteiger partial charge in [-0.2, -0.15) is 0 Å². The number of carbonyl (C=O) groups is 1. The number of para-hydroxylation sites is 1. The van der Waals surface area contributed by atoms with Crippen LogP contribution in [0.3, 0.4) is 0 Å². The second-order valence-electron chi connectivity index (χ2n) is 6.57. The maximum absolute atomic E-state index is 13.2. The molecule has 0 spiro atoms. The fraction of sp³-hybridized carbons (Fsp3) is 0.0952. The summed E-state index contributed by atoms with van der Waals surface area (Å²) in [5, 5.41) is 0.483. The fourth-order valence-corrected chi connectivity index (χ4v) is 4.96. The van der Waals surface area contributed by atoms with Crippen LogP contribution in [0.4, 0.5) is 14.9 Å². The van der Waals surface area contributed by atoms with Gasteiger partial charge in [-0.15, -0.1) is 0 Å². The predicted molar refractivity (Wildman–Crippen MR) is 109 cm³/mol. The van der Waals surface area contributed by atoms with Gasteiger partial charge < -0.3 is 0 Å². The number of fused-ring (bicyclic) bond motifs is 1. The normalized spacial score (nSPS) is 15.3. The van der Waals surface area contributed by atoms with Crippen molar-refractivity contribution in [3.8, 4) is 0 Å². The van der Waals surface area contributed by atoms with E-state index >= 15 is 0 Å². The summed E-state index contributed by atoms with van der Waals surface area (Å²) in [5.74, 6) is -0.438. The molecule has 2 amide bonds. The van der Waals surface area contributed by atoms with Crippen molar-refractivity contribution in [3.05, 3.63) is 94.8 Å². The lowest BCUT2D eigenvalue weighted by molar-refractivity contribution is 0.226. The van der Waals surface area contributed by atoms with Gasteiger partial charge in [0, 0.05) is 5.02 Å². The second kappa shape index (κ2) is 7.50. The Hall–Kier alpha value is -2.90. The largest absolute Gasteiger partial charge is 0.339 e. The summed E-state index contributed by atoms with van der Waals surface area (Å²) < 4.78 is 40.3. The zero-order valence-electron chi connectivity index (χ0n) is 15.1. The van der Waals surface area contributed by atoms with Crippen molar-refractivity contribution in [1.29, 1.82) is 0 Å². The van der Waals surface area contributed by atoms with E-state index in [0.717, 1.165) is 4.31 Å².